The van der Waals surface area contributed by atoms with Crippen molar-refractivity contribution in [2.75, 3.05) is 12.4 Å². The van der Waals surface area contributed by atoms with Crippen LogP contribution in [0.2, 0.25) is 5.02 Å². The normalized spacial score (nSPS) is 16.1. The third-order valence-corrected chi connectivity index (χ3v) is 6.15. The highest BCUT2D eigenvalue weighted by atomic mass is 35.5. The zero-order valence-electron chi connectivity index (χ0n) is 13.9. The van der Waals surface area contributed by atoms with E-state index in [0.29, 0.717) is 15.1 Å². The summed E-state index contributed by atoms with van der Waals surface area (Å²) in [5.74, 6) is -1.06. The Bertz CT molecular complexity index is 1010. The molecule has 0 aromatic heterocycles. The Morgan fingerprint density at radius 1 is 1.23 bits per heavy atom. The van der Waals surface area contributed by atoms with Crippen LogP contribution in [0.3, 0.4) is 0 Å². The van der Waals surface area contributed by atoms with Crippen molar-refractivity contribution >= 4 is 39.1 Å². The lowest BCUT2D eigenvalue weighted by molar-refractivity contribution is -0.118. The van der Waals surface area contributed by atoms with Crippen LogP contribution in [0.4, 0.5) is 5.69 Å². The lowest BCUT2D eigenvalue weighted by Gasteiger charge is -2.22. The van der Waals surface area contributed by atoms with Crippen molar-refractivity contribution < 1.29 is 22.7 Å². The van der Waals surface area contributed by atoms with E-state index in [2.05, 4.69) is 5.32 Å². The SMILES string of the molecule is COc1ccc(Cl)cc1NC(=O)[C@H](C)N1C(=O)c2ccccc2S1(=O)=O. The number of halogens is 1. The Morgan fingerprint density at radius 3 is 2.58 bits per heavy atom. The molecule has 0 radical (unpaired) electrons. The number of hydrogen-bond acceptors (Lipinski definition) is 5. The molecule has 1 aliphatic rings. The number of benzene rings is 2. The number of nitrogens with zero attached hydrogens (tertiary/aromatic N) is 1. The van der Waals surface area contributed by atoms with Gasteiger partial charge in [-0.3, -0.25) is 9.59 Å². The number of ether oxygens (including phenoxy) is 1. The molecule has 1 aliphatic heterocycles. The van der Waals surface area contributed by atoms with Gasteiger partial charge in [0.15, 0.2) is 0 Å². The van der Waals surface area contributed by atoms with Gasteiger partial charge in [0.2, 0.25) is 5.91 Å². The Kier molecular flexibility index (Phi) is 4.64. The molecule has 1 atom stereocenters. The summed E-state index contributed by atoms with van der Waals surface area (Å²) in [4.78, 5) is 25.0. The number of nitrogens with one attached hydrogen (secondary N) is 1. The lowest BCUT2D eigenvalue weighted by Crippen LogP contribution is -2.45. The van der Waals surface area contributed by atoms with Gasteiger partial charge in [-0.15, -0.1) is 0 Å². The number of anilines is 1. The van der Waals surface area contributed by atoms with E-state index in [0.717, 1.165) is 0 Å². The lowest BCUT2D eigenvalue weighted by atomic mass is 10.2. The monoisotopic (exact) mass is 394 g/mol. The summed E-state index contributed by atoms with van der Waals surface area (Å²) in [5, 5.41) is 2.92. The quantitative estimate of drug-likeness (QED) is 0.860. The van der Waals surface area contributed by atoms with Gasteiger partial charge in [0.05, 0.1) is 18.4 Å². The van der Waals surface area contributed by atoms with Crippen molar-refractivity contribution in [2.24, 2.45) is 0 Å². The van der Waals surface area contributed by atoms with Crippen LogP contribution in [-0.4, -0.2) is 37.7 Å². The smallest absolute Gasteiger partial charge is 0.269 e. The standard InChI is InChI=1S/C17H15ClN2O5S/c1-10(16(21)19-13-9-11(18)7-8-14(13)25-2)20-17(22)12-5-3-4-6-15(12)26(20,23)24/h3-10H,1-2H3,(H,19,21)/t10-/m0/s1. The Balaban J connectivity index is 1.91. The number of carbonyl (C=O) groups is 2. The van der Waals surface area contributed by atoms with Crippen molar-refractivity contribution in [3.05, 3.63) is 53.1 Å². The molecular formula is C17H15ClN2O5S. The summed E-state index contributed by atoms with van der Waals surface area (Å²) < 4.78 is 31.0. The number of methoxy groups -OCH3 is 1. The molecule has 26 heavy (non-hydrogen) atoms. The third-order valence-electron chi connectivity index (χ3n) is 4.01. The van der Waals surface area contributed by atoms with Crippen LogP contribution < -0.4 is 10.1 Å². The molecule has 0 bridgehead atoms. The van der Waals surface area contributed by atoms with Crippen molar-refractivity contribution in [3.8, 4) is 5.75 Å². The molecule has 0 aliphatic carbocycles. The molecule has 136 valence electrons. The fourth-order valence-electron chi connectivity index (χ4n) is 2.71. The average Bonchev–Trinajstić information content (AvgIpc) is 2.81. The number of fused-ring (bicyclic) bond motifs is 1. The molecular weight excluding hydrogens is 380 g/mol. The highest BCUT2D eigenvalue weighted by molar-refractivity contribution is 7.90. The van der Waals surface area contributed by atoms with Crippen LogP contribution in [0.1, 0.15) is 17.3 Å². The van der Waals surface area contributed by atoms with Gasteiger partial charge < -0.3 is 10.1 Å². The summed E-state index contributed by atoms with van der Waals surface area (Å²) in [6.07, 6.45) is 0. The maximum atomic E-state index is 12.6. The van der Waals surface area contributed by atoms with Gasteiger partial charge in [-0.05, 0) is 37.3 Å². The van der Waals surface area contributed by atoms with E-state index < -0.39 is 27.9 Å². The summed E-state index contributed by atoms with van der Waals surface area (Å²) in [5.41, 5.74) is 0.325. The molecule has 0 unspecified atom stereocenters. The predicted octanol–water partition coefficient (Wildman–Crippen LogP) is 2.52. The van der Waals surface area contributed by atoms with Crippen molar-refractivity contribution in [2.45, 2.75) is 17.9 Å². The molecule has 0 spiro atoms. The highest BCUT2D eigenvalue weighted by Crippen LogP contribution is 2.33. The Hall–Kier alpha value is -2.58. The topological polar surface area (TPSA) is 92.8 Å². The summed E-state index contributed by atoms with van der Waals surface area (Å²) in [6, 6.07) is 9.21. The van der Waals surface area contributed by atoms with E-state index in [9.17, 15) is 18.0 Å². The van der Waals surface area contributed by atoms with Gasteiger partial charge in [-0.1, -0.05) is 23.7 Å². The molecule has 0 saturated heterocycles. The van der Waals surface area contributed by atoms with Crippen molar-refractivity contribution in [1.29, 1.82) is 0 Å². The van der Waals surface area contributed by atoms with Crippen molar-refractivity contribution in [3.63, 3.8) is 0 Å². The molecule has 2 amide bonds. The second kappa shape index (κ2) is 6.62. The molecule has 1 heterocycles. The predicted molar refractivity (Wildman–Crippen MR) is 95.9 cm³/mol. The minimum Gasteiger partial charge on any atom is -0.495 e. The first-order chi connectivity index (χ1) is 12.3. The first-order valence-electron chi connectivity index (χ1n) is 7.59. The number of carbonyl (C=O) groups excluding carboxylic acids is 2. The molecule has 7 nitrogen and oxygen atoms in total. The number of rotatable bonds is 4. The van der Waals surface area contributed by atoms with Gasteiger partial charge in [-0.25, -0.2) is 12.7 Å². The van der Waals surface area contributed by atoms with E-state index in [1.807, 2.05) is 0 Å². The fraction of sp³-hybridized carbons (Fsp3) is 0.176. The molecule has 2 aromatic rings. The average molecular weight is 395 g/mol. The summed E-state index contributed by atoms with van der Waals surface area (Å²) in [6.45, 7) is 1.34. The minimum atomic E-state index is -4.09. The number of amides is 2. The van der Waals surface area contributed by atoms with E-state index in [4.69, 9.17) is 16.3 Å². The first kappa shape index (κ1) is 18.2. The summed E-state index contributed by atoms with van der Waals surface area (Å²) >= 11 is 5.93. The second-order valence-corrected chi connectivity index (χ2v) is 7.83. The van der Waals surface area contributed by atoms with E-state index in [1.165, 1.54) is 38.3 Å². The van der Waals surface area contributed by atoms with Crippen LogP contribution >= 0.6 is 11.6 Å². The van der Waals surface area contributed by atoms with Gasteiger partial charge in [0.25, 0.3) is 15.9 Å². The number of sulfonamides is 1. The molecule has 2 aromatic carbocycles. The van der Waals surface area contributed by atoms with Gasteiger partial charge in [0.1, 0.15) is 16.7 Å². The molecule has 0 fully saturated rings. The largest absolute Gasteiger partial charge is 0.495 e. The van der Waals surface area contributed by atoms with Crippen molar-refractivity contribution in [1.82, 2.24) is 4.31 Å². The van der Waals surface area contributed by atoms with Crippen LogP contribution in [-0.2, 0) is 14.8 Å². The van der Waals surface area contributed by atoms with E-state index in [-0.39, 0.29) is 16.1 Å². The molecule has 0 saturated carbocycles. The van der Waals surface area contributed by atoms with Crippen LogP contribution in [0.5, 0.6) is 5.75 Å². The highest BCUT2D eigenvalue weighted by Gasteiger charge is 2.45. The first-order valence-corrected chi connectivity index (χ1v) is 9.41. The summed E-state index contributed by atoms with van der Waals surface area (Å²) in [7, 11) is -2.67. The molecule has 3 rings (SSSR count). The zero-order chi connectivity index (χ0) is 19.1. The van der Waals surface area contributed by atoms with E-state index >= 15 is 0 Å². The maximum Gasteiger partial charge on any atom is 0.269 e. The zero-order valence-corrected chi connectivity index (χ0v) is 15.5. The molecule has 9 heteroatoms. The van der Waals surface area contributed by atoms with Gasteiger partial charge >= 0.3 is 0 Å². The van der Waals surface area contributed by atoms with Gasteiger partial charge in [0, 0.05) is 5.02 Å². The maximum absolute atomic E-state index is 12.6. The van der Waals surface area contributed by atoms with Gasteiger partial charge in [-0.2, -0.15) is 0 Å². The molecule has 1 N–H and O–H groups in total. The fourth-order valence-corrected chi connectivity index (χ4v) is 4.60. The third kappa shape index (κ3) is 2.91. The van der Waals surface area contributed by atoms with Crippen LogP contribution in [0, 0.1) is 0 Å². The number of hydrogen-bond donors (Lipinski definition) is 1. The van der Waals surface area contributed by atoms with E-state index in [1.54, 1.807) is 18.2 Å². The Morgan fingerprint density at radius 2 is 1.92 bits per heavy atom. The second-order valence-electron chi connectivity index (χ2n) is 5.61. The van der Waals surface area contributed by atoms with Crippen LogP contribution in [0.15, 0.2) is 47.4 Å². The van der Waals surface area contributed by atoms with Crippen LogP contribution in [0.25, 0.3) is 0 Å². The minimum absolute atomic E-state index is 0.0486. The Labute approximate surface area is 155 Å².